The van der Waals surface area contributed by atoms with Gasteiger partial charge in [0, 0.05) is 12.6 Å². The summed E-state index contributed by atoms with van der Waals surface area (Å²) in [6.45, 7) is 6.35. The molecule has 0 saturated heterocycles. The molecule has 1 aliphatic rings. The van der Waals surface area contributed by atoms with E-state index in [2.05, 4.69) is 5.32 Å². The number of carbonyl (C=O) groups is 1. The average molecular weight is 279 g/mol. The second-order valence-corrected chi connectivity index (χ2v) is 6.41. The van der Waals surface area contributed by atoms with Crippen molar-refractivity contribution in [2.75, 3.05) is 0 Å². The highest BCUT2D eigenvalue weighted by molar-refractivity contribution is 5.74. The number of hydrogen-bond acceptors (Lipinski definition) is 3. The van der Waals surface area contributed by atoms with Crippen LogP contribution in [0.15, 0.2) is 24.3 Å². The number of nitrogens with one attached hydrogen (secondary N) is 1. The third-order valence-electron chi connectivity index (χ3n) is 3.39. The molecule has 110 valence electrons. The second-order valence-electron chi connectivity index (χ2n) is 6.41. The van der Waals surface area contributed by atoms with E-state index in [1.54, 1.807) is 12.1 Å². The lowest BCUT2D eigenvalue weighted by Crippen LogP contribution is -2.45. The molecule has 0 aliphatic heterocycles. The zero-order chi connectivity index (χ0) is 14.8. The largest absolute Gasteiger partial charge is 0.460 e. The van der Waals surface area contributed by atoms with Crippen LogP contribution in [-0.2, 0) is 16.1 Å². The topological polar surface area (TPSA) is 38.3 Å². The molecule has 1 saturated carbocycles. The van der Waals surface area contributed by atoms with Crippen molar-refractivity contribution in [2.45, 2.75) is 51.8 Å². The van der Waals surface area contributed by atoms with Crippen molar-refractivity contribution < 1.29 is 13.9 Å². The second kappa shape index (κ2) is 5.92. The zero-order valence-corrected chi connectivity index (χ0v) is 12.3. The monoisotopic (exact) mass is 279 g/mol. The van der Waals surface area contributed by atoms with Crippen molar-refractivity contribution >= 4 is 5.97 Å². The molecule has 0 radical (unpaired) electrons. The molecule has 1 aliphatic carbocycles. The minimum Gasteiger partial charge on any atom is -0.460 e. The van der Waals surface area contributed by atoms with Crippen LogP contribution in [0.4, 0.5) is 4.39 Å². The normalized spacial score (nSPS) is 22.2. The van der Waals surface area contributed by atoms with Crippen molar-refractivity contribution in [1.29, 1.82) is 0 Å². The van der Waals surface area contributed by atoms with E-state index in [4.69, 9.17) is 4.74 Å². The maximum absolute atomic E-state index is 12.8. The first-order valence-electron chi connectivity index (χ1n) is 7.04. The van der Waals surface area contributed by atoms with Crippen LogP contribution in [0.5, 0.6) is 0 Å². The molecular formula is C16H22FNO2. The van der Waals surface area contributed by atoms with E-state index in [9.17, 15) is 9.18 Å². The molecule has 0 amide bonds. The molecule has 0 spiro atoms. The number of rotatable bonds is 4. The van der Waals surface area contributed by atoms with Gasteiger partial charge in [-0.05, 0) is 51.3 Å². The molecule has 0 heterocycles. The van der Waals surface area contributed by atoms with Gasteiger partial charge >= 0.3 is 5.97 Å². The quantitative estimate of drug-likeness (QED) is 0.861. The fraction of sp³-hybridized carbons (Fsp3) is 0.562. The van der Waals surface area contributed by atoms with Crippen molar-refractivity contribution in [1.82, 2.24) is 5.32 Å². The molecule has 2 rings (SSSR count). The summed E-state index contributed by atoms with van der Waals surface area (Å²) in [5.74, 6) is -0.306. The van der Waals surface area contributed by atoms with Gasteiger partial charge in [-0.25, -0.2) is 4.39 Å². The molecule has 4 heteroatoms. The van der Waals surface area contributed by atoms with Gasteiger partial charge in [-0.2, -0.15) is 0 Å². The number of benzene rings is 1. The summed E-state index contributed by atoms with van der Waals surface area (Å²) in [6.07, 6.45) is 1.63. The Hall–Kier alpha value is -1.42. The Morgan fingerprint density at radius 2 is 1.90 bits per heavy atom. The lowest BCUT2D eigenvalue weighted by atomic mass is 9.80. The van der Waals surface area contributed by atoms with Gasteiger partial charge in [0.25, 0.3) is 0 Å². The van der Waals surface area contributed by atoms with Crippen molar-refractivity contribution in [3.63, 3.8) is 0 Å². The Balaban J connectivity index is 1.69. The minimum atomic E-state index is -0.413. The van der Waals surface area contributed by atoms with Gasteiger partial charge < -0.3 is 10.1 Å². The van der Waals surface area contributed by atoms with Gasteiger partial charge in [0.1, 0.15) is 11.4 Å². The van der Waals surface area contributed by atoms with E-state index < -0.39 is 5.60 Å². The Morgan fingerprint density at radius 3 is 2.45 bits per heavy atom. The van der Waals surface area contributed by atoms with Crippen LogP contribution < -0.4 is 5.32 Å². The number of hydrogen-bond donors (Lipinski definition) is 1. The third kappa shape index (κ3) is 4.30. The molecule has 1 aromatic rings. The standard InChI is InChI=1S/C16H22FNO2/c1-16(2,3)20-15(19)12-8-14(9-12)18-10-11-4-6-13(17)7-5-11/h4-7,12,14,18H,8-10H2,1-3H3. The van der Waals surface area contributed by atoms with E-state index in [0.717, 1.165) is 18.4 Å². The number of carbonyl (C=O) groups excluding carboxylic acids is 1. The zero-order valence-electron chi connectivity index (χ0n) is 12.3. The summed E-state index contributed by atoms with van der Waals surface area (Å²) in [6, 6.07) is 6.80. The molecule has 0 aromatic heterocycles. The number of esters is 1. The van der Waals surface area contributed by atoms with Crippen molar-refractivity contribution in [2.24, 2.45) is 5.92 Å². The van der Waals surface area contributed by atoms with Gasteiger partial charge in [-0.1, -0.05) is 12.1 Å². The highest BCUT2D eigenvalue weighted by Gasteiger charge is 2.36. The summed E-state index contributed by atoms with van der Waals surface area (Å²) >= 11 is 0. The SMILES string of the molecule is CC(C)(C)OC(=O)C1CC(NCc2ccc(F)cc2)C1. The van der Waals surface area contributed by atoms with E-state index in [1.165, 1.54) is 12.1 Å². The van der Waals surface area contributed by atoms with Crippen LogP contribution in [0.25, 0.3) is 0 Å². The Kier molecular flexibility index (Phi) is 4.43. The Bertz CT molecular complexity index is 458. The number of ether oxygens (including phenoxy) is 1. The third-order valence-corrected chi connectivity index (χ3v) is 3.39. The smallest absolute Gasteiger partial charge is 0.309 e. The predicted octanol–water partition coefficient (Wildman–Crippen LogP) is 3.04. The Morgan fingerprint density at radius 1 is 1.30 bits per heavy atom. The van der Waals surface area contributed by atoms with Crippen LogP contribution in [0.3, 0.4) is 0 Å². The maximum Gasteiger partial charge on any atom is 0.309 e. The molecule has 20 heavy (non-hydrogen) atoms. The van der Waals surface area contributed by atoms with Gasteiger partial charge in [0.2, 0.25) is 0 Å². The lowest BCUT2D eigenvalue weighted by molar-refractivity contribution is -0.163. The predicted molar refractivity (Wildman–Crippen MR) is 75.6 cm³/mol. The van der Waals surface area contributed by atoms with Crippen molar-refractivity contribution in [3.05, 3.63) is 35.6 Å². The molecule has 0 unspecified atom stereocenters. The molecule has 3 nitrogen and oxygen atoms in total. The highest BCUT2D eigenvalue weighted by Crippen LogP contribution is 2.30. The van der Waals surface area contributed by atoms with Gasteiger partial charge in [-0.15, -0.1) is 0 Å². The van der Waals surface area contributed by atoms with E-state index in [-0.39, 0.29) is 17.7 Å². The molecular weight excluding hydrogens is 257 g/mol. The van der Waals surface area contributed by atoms with Crippen LogP contribution in [0.2, 0.25) is 0 Å². The molecule has 0 bridgehead atoms. The molecule has 1 aromatic carbocycles. The summed E-state index contributed by atoms with van der Waals surface area (Å²) in [5, 5.41) is 3.37. The van der Waals surface area contributed by atoms with Crippen LogP contribution in [0, 0.1) is 11.7 Å². The summed E-state index contributed by atoms with van der Waals surface area (Å²) in [7, 11) is 0. The van der Waals surface area contributed by atoms with E-state index in [0.29, 0.717) is 12.6 Å². The highest BCUT2D eigenvalue weighted by atomic mass is 19.1. The first-order valence-corrected chi connectivity index (χ1v) is 7.04. The molecule has 0 atom stereocenters. The van der Waals surface area contributed by atoms with Gasteiger partial charge in [-0.3, -0.25) is 4.79 Å². The van der Waals surface area contributed by atoms with Crippen LogP contribution >= 0.6 is 0 Å². The lowest BCUT2D eigenvalue weighted by Gasteiger charge is -2.36. The average Bonchev–Trinajstić information content (AvgIpc) is 2.27. The van der Waals surface area contributed by atoms with E-state index >= 15 is 0 Å². The minimum absolute atomic E-state index is 0.0138. The van der Waals surface area contributed by atoms with Crippen molar-refractivity contribution in [3.8, 4) is 0 Å². The number of halogens is 1. The maximum atomic E-state index is 12.8. The first-order chi connectivity index (χ1) is 9.33. The Labute approximate surface area is 119 Å². The van der Waals surface area contributed by atoms with Crippen LogP contribution in [0.1, 0.15) is 39.2 Å². The van der Waals surface area contributed by atoms with Crippen LogP contribution in [-0.4, -0.2) is 17.6 Å². The van der Waals surface area contributed by atoms with Gasteiger partial charge in [0.05, 0.1) is 5.92 Å². The first kappa shape index (κ1) is 15.0. The summed E-state index contributed by atoms with van der Waals surface area (Å²) < 4.78 is 18.1. The van der Waals surface area contributed by atoms with E-state index in [1.807, 2.05) is 20.8 Å². The summed E-state index contributed by atoms with van der Waals surface area (Å²) in [4.78, 5) is 11.8. The van der Waals surface area contributed by atoms with Gasteiger partial charge in [0.15, 0.2) is 0 Å². The molecule has 1 N–H and O–H groups in total. The molecule has 1 fully saturated rings. The fourth-order valence-corrected chi connectivity index (χ4v) is 2.23. The fourth-order valence-electron chi connectivity index (χ4n) is 2.23. The summed E-state index contributed by atoms with van der Waals surface area (Å²) in [5.41, 5.74) is 0.635.